The summed E-state index contributed by atoms with van der Waals surface area (Å²) in [6.45, 7) is 2.51. The van der Waals surface area contributed by atoms with Gasteiger partial charge in [0.05, 0.1) is 6.61 Å². The second-order valence-corrected chi connectivity index (χ2v) is 4.11. The van der Waals surface area contributed by atoms with Crippen molar-refractivity contribution in [1.29, 1.82) is 0 Å². The number of nitrogens with one attached hydrogen (secondary N) is 2. The van der Waals surface area contributed by atoms with Gasteiger partial charge in [-0.1, -0.05) is 13.3 Å². The van der Waals surface area contributed by atoms with Crippen molar-refractivity contribution in [2.45, 2.75) is 38.6 Å². The first-order chi connectivity index (χ1) is 7.67. The van der Waals surface area contributed by atoms with Crippen LogP contribution in [0.4, 0.5) is 4.79 Å². The van der Waals surface area contributed by atoms with E-state index in [2.05, 4.69) is 10.6 Å². The van der Waals surface area contributed by atoms with Gasteiger partial charge in [-0.15, -0.1) is 0 Å². The van der Waals surface area contributed by atoms with E-state index in [1.807, 2.05) is 6.92 Å². The van der Waals surface area contributed by atoms with Crippen LogP contribution in [0.25, 0.3) is 0 Å². The van der Waals surface area contributed by atoms with E-state index in [-0.39, 0.29) is 24.0 Å². The molecule has 92 valence electrons. The lowest BCUT2D eigenvalue weighted by Crippen LogP contribution is -2.49. The predicted octanol–water partition coefficient (Wildman–Crippen LogP) is 1.04. The summed E-state index contributed by atoms with van der Waals surface area (Å²) in [4.78, 5) is 22.4. The van der Waals surface area contributed by atoms with E-state index in [0.29, 0.717) is 19.4 Å². The van der Waals surface area contributed by atoms with Gasteiger partial charge in [0.2, 0.25) is 5.91 Å². The first-order valence-corrected chi connectivity index (χ1v) is 5.82. The summed E-state index contributed by atoms with van der Waals surface area (Å²) in [6.07, 6.45) is 2.95. The Kier molecular flexibility index (Phi) is 5.08. The summed E-state index contributed by atoms with van der Waals surface area (Å²) in [6, 6.07) is 0.0939. The fourth-order valence-corrected chi connectivity index (χ4v) is 1.67. The monoisotopic (exact) mass is 228 g/mol. The van der Waals surface area contributed by atoms with Gasteiger partial charge < -0.3 is 15.4 Å². The van der Waals surface area contributed by atoms with Crippen LogP contribution in [0, 0.1) is 5.92 Å². The van der Waals surface area contributed by atoms with Crippen molar-refractivity contribution >= 4 is 12.0 Å². The zero-order chi connectivity index (χ0) is 12.0. The lowest BCUT2D eigenvalue weighted by Gasteiger charge is -2.33. The molecule has 0 aromatic carbocycles. The third kappa shape index (κ3) is 3.72. The lowest BCUT2D eigenvalue weighted by atomic mass is 9.80. The largest absolute Gasteiger partial charge is 0.450 e. The SMILES string of the molecule is CCCCOC(=O)NC1CC(C(=O)NC)C1. The summed E-state index contributed by atoms with van der Waals surface area (Å²) in [7, 11) is 1.63. The Bertz CT molecular complexity index is 250. The molecule has 1 saturated carbocycles. The van der Waals surface area contributed by atoms with E-state index >= 15 is 0 Å². The number of carbonyl (C=O) groups excluding carboxylic acids is 2. The molecule has 1 aliphatic carbocycles. The van der Waals surface area contributed by atoms with Gasteiger partial charge in [0.15, 0.2) is 0 Å². The van der Waals surface area contributed by atoms with Crippen LogP contribution < -0.4 is 10.6 Å². The van der Waals surface area contributed by atoms with E-state index in [9.17, 15) is 9.59 Å². The third-order valence-corrected chi connectivity index (χ3v) is 2.81. The first kappa shape index (κ1) is 12.8. The molecule has 2 N–H and O–H groups in total. The molecule has 0 bridgehead atoms. The summed E-state index contributed by atoms with van der Waals surface area (Å²) in [5.74, 6) is 0.100. The number of amides is 2. The highest BCUT2D eigenvalue weighted by molar-refractivity contribution is 5.79. The fraction of sp³-hybridized carbons (Fsp3) is 0.818. The lowest BCUT2D eigenvalue weighted by molar-refractivity contribution is -0.127. The second kappa shape index (κ2) is 6.35. The molecule has 0 atom stereocenters. The van der Waals surface area contributed by atoms with Gasteiger partial charge >= 0.3 is 6.09 Å². The van der Waals surface area contributed by atoms with Crippen molar-refractivity contribution in [3.05, 3.63) is 0 Å². The Hall–Kier alpha value is -1.26. The highest BCUT2D eigenvalue weighted by Gasteiger charge is 2.34. The molecule has 5 heteroatoms. The number of hydrogen-bond acceptors (Lipinski definition) is 3. The summed E-state index contributed by atoms with van der Waals surface area (Å²) in [5, 5.41) is 5.34. The Labute approximate surface area is 95.9 Å². The molecular weight excluding hydrogens is 208 g/mol. The van der Waals surface area contributed by atoms with Crippen LogP contribution in [-0.4, -0.2) is 31.7 Å². The van der Waals surface area contributed by atoms with Gasteiger partial charge in [-0.25, -0.2) is 4.79 Å². The van der Waals surface area contributed by atoms with Crippen LogP contribution in [0.1, 0.15) is 32.6 Å². The normalized spacial score (nSPS) is 23.1. The number of unbranched alkanes of at least 4 members (excludes halogenated alkanes) is 1. The van der Waals surface area contributed by atoms with Crippen molar-refractivity contribution in [2.75, 3.05) is 13.7 Å². The molecule has 0 spiro atoms. The fourth-order valence-electron chi connectivity index (χ4n) is 1.67. The van der Waals surface area contributed by atoms with Crippen LogP contribution in [0.15, 0.2) is 0 Å². The minimum absolute atomic E-state index is 0.0472. The number of rotatable bonds is 5. The molecule has 1 aliphatic rings. The quantitative estimate of drug-likeness (QED) is 0.691. The average molecular weight is 228 g/mol. The minimum atomic E-state index is -0.367. The Morgan fingerprint density at radius 2 is 2.06 bits per heavy atom. The molecule has 1 fully saturated rings. The third-order valence-electron chi connectivity index (χ3n) is 2.81. The van der Waals surface area contributed by atoms with Gasteiger partial charge in [-0.05, 0) is 19.3 Å². The summed E-state index contributed by atoms with van der Waals surface area (Å²) >= 11 is 0. The molecule has 16 heavy (non-hydrogen) atoms. The molecule has 0 saturated heterocycles. The van der Waals surface area contributed by atoms with Crippen LogP contribution >= 0.6 is 0 Å². The van der Waals surface area contributed by atoms with Gasteiger partial charge in [-0.3, -0.25) is 4.79 Å². The molecule has 0 aliphatic heterocycles. The number of ether oxygens (including phenoxy) is 1. The molecule has 2 amide bonds. The zero-order valence-electron chi connectivity index (χ0n) is 9.91. The standard InChI is InChI=1S/C11H20N2O3/c1-3-4-5-16-11(15)13-9-6-8(7-9)10(14)12-2/h8-9H,3-7H2,1-2H3,(H,12,14)(H,13,15). The number of hydrogen-bond donors (Lipinski definition) is 2. The summed E-state index contributed by atoms with van der Waals surface area (Å²) in [5.41, 5.74) is 0. The minimum Gasteiger partial charge on any atom is -0.450 e. The van der Waals surface area contributed by atoms with Gasteiger partial charge in [0.1, 0.15) is 0 Å². The van der Waals surface area contributed by atoms with Gasteiger partial charge in [0, 0.05) is 19.0 Å². The van der Waals surface area contributed by atoms with Crippen LogP contribution in [-0.2, 0) is 9.53 Å². The molecule has 1 rings (SSSR count). The smallest absolute Gasteiger partial charge is 0.407 e. The highest BCUT2D eigenvalue weighted by atomic mass is 16.5. The highest BCUT2D eigenvalue weighted by Crippen LogP contribution is 2.27. The maximum atomic E-state index is 11.2. The maximum absolute atomic E-state index is 11.2. The van der Waals surface area contributed by atoms with Crippen molar-refractivity contribution < 1.29 is 14.3 Å². The Balaban J connectivity index is 2.08. The number of alkyl carbamates (subject to hydrolysis) is 1. The molecule has 0 radical (unpaired) electrons. The van der Waals surface area contributed by atoms with Gasteiger partial charge in [0.25, 0.3) is 0 Å². The topological polar surface area (TPSA) is 67.4 Å². The molecule has 5 nitrogen and oxygen atoms in total. The van der Waals surface area contributed by atoms with E-state index in [1.54, 1.807) is 7.05 Å². The predicted molar refractivity (Wildman–Crippen MR) is 60.0 cm³/mol. The van der Waals surface area contributed by atoms with Crippen LogP contribution in [0.3, 0.4) is 0 Å². The van der Waals surface area contributed by atoms with E-state index in [0.717, 1.165) is 12.8 Å². The van der Waals surface area contributed by atoms with E-state index < -0.39 is 0 Å². The van der Waals surface area contributed by atoms with E-state index in [4.69, 9.17) is 4.74 Å². The molecule has 0 aromatic heterocycles. The van der Waals surface area contributed by atoms with E-state index in [1.165, 1.54) is 0 Å². The summed E-state index contributed by atoms with van der Waals surface area (Å²) < 4.78 is 4.96. The van der Waals surface area contributed by atoms with Crippen molar-refractivity contribution in [3.8, 4) is 0 Å². The van der Waals surface area contributed by atoms with Crippen LogP contribution in [0.2, 0.25) is 0 Å². The molecular formula is C11H20N2O3. The second-order valence-electron chi connectivity index (χ2n) is 4.11. The van der Waals surface area contributed by atoms with Gasteiger partial charge in [-0.2, -0.15) is 0 Å². The Morgan fingerprint density at radius 3 is 2.62 bits per heavy atom. The average Bonchev–Trinajstić information content (AvgIpc) is 2.22. The molecule has 0 aromatic rings. The zero-order valence-corrected chi connectivity index (χ0v) is 9.91. The Morgan fingerprint density at radius 1 is 1.38 bits per heavy atom. The van der Waals surface area contributed by atoms with Crippen LogP contribution in [0.5, 0.6) is 0 Å². The maximum Gasteiger partial charge on any atom is 0.407 e. The van der Waals surface area contributed by atoms with Crippen molar-refractivity contribution in [3.63, 3.8) is 0 Å². The number of carbonyl (C=O) groups is 2. The molecule has 0 heterocycles. The molecule has 0 unspecified atom stereocenters. The van der Waals surface area contributed by atoms with Crippen molar-refractivity contribution in [1.82, 2.24) is 10.6 Å². The first-order valence-electron chi connectivity index (χ1n) is 5.82. The van der Waals surface area contributed by atoms with Crippen molar-refractivity contribution in [2.24, 2.45) is 5.92 Å².